The number of nitrogens with zero attached hydrogens (tertiary/aromatic N) is 1. The lowest BCUT2D eigenvalue weighted by Gasteiger charge is -2.34. The monoisotopic (exact) mass is 463 g/mol. The molecule has 2 aliphatic carbocycles. The smallest absolute Gasteiger partial charge is 0.307 e. The van der Waals surface area contributed by atoms with Gasteiger partial charge in [0.05, 0.1) is 17.4 Å². The second-order valence-corrected chi connectivity index (χ2v) is 10.9. The van der Waals surface area contributed by atoms with Gasteiger partial charge in [0, 0.05) is 21.0 Å². The summed E-state index contributed by atoms with van der Waals surface area (Å²) in [4.78, 5) is 37.4. The van der Waals surface area contributed by atoms with Crippen LogP contribution in [0.25, 0.3) is 0 Å². The van der Waals surface area contributed by atoms with Gasteiger partial charge in [0.1, 0.15) is 0 Å². The van der Waals surface area contributed by atoms with E-state index >= 15 is 0 Å². The van der Waals surface area contributed by atoms with Crippen LogP contribution in [-0.4, -0.2) is 35.4 Å². The Hall–Kier alpha value is -2.06. The molecule has 0 spiro atoms. The molecule has 2 saturated carbocycles. The molecule has 0 radical (unpaired) electrons. The molecule has 9 heteroatoms. The third-order valence-corrected chi connectivity index (χ3v) is 8.82. The quantitative estimate of drug-likeness (QED) is 0.508. The van der Waals surface area contributed by atoms with Crippen LogP contribution in [0.15, 0.2) is 28.2 Å². The summed E-state index contributed by atoms with van der Waals surface area (Å²) in [5.74, 6) is -0.794. The molecule has 1 aliphatic heterocycles. The third kappa shape index (κ3) is 4.07. The largest absolute Gasteiger partial charge is 0.455 e. The summed E-state index contributed by atoms with van der Waals surface area (Å²) in [5.41, 5.74) is 4.34. The van der Waals surface area contributed by atoms with E-state index in [1.54, 1.807) is 18.2 Å². The van der Waals surface area contributed by atoms with Crippen molar-refractivity contribution < 1.29 is 19.1 Å². The van der Waals surface area contributed by atoms with Crippen LogP contribution in [0.2, 0.25) is 5.02 Å². The standard InChI is InChI=1S/C22H26ClN3O4S/c1-21(2)12-6-7-22(21,3)17(8-12)25-26-18(27)11-30-19(28)10-16-20(29)24-14-9-13(23)4-5-15(14)31-16/h4-5,9,12,16H,6-8,10-11H2,1-3H3,(H,24,29)(H,26,27)/b25-17-. The van der Waals surface area contributed by atoms with Gasteiger partial charge in [-0.3, -0.25) is 14.4 Å². The maximum Gasteiger partial charge on any atom is 0.307 e. The van der Waals surface area contributed by atoms with Crippen molar-refractivity contribution >= 4 is 52.5 Å². The summed E-state index contributed by atoms with van der Waals surface area (Å²) in [7, 11) is 0. The van der Waals surface area contributed by atoms with E-state index in [1.807, 2.05) is 0 Å². The molecule has 2 bridgehead atoms. The lowest BCUT2D eigenvalue weighted by Crippen LogP contribution is -2.35. The highest BCUT2D eigenvalue weighted by atomic mass is 35.5. The molecule has 2 amide bonds. The molecule has 31 heavy (non-hydrogen) atoms. The number of esters is 1. The minimum Gasteiger partial charge on any atom is -0.455 e. The molecule has 0 aromatic heterocycles. The maximum atomic E-state index is 12.3. The minimum absolute atomic E-state index is 0.00624. The number of ether oxygens (including phenoxy) is 1. The van der Waals surface area contributed by atoms with Crippen molar-refractivity contribution in [2.45, 2.75) is 56.6 Å². The van der Waals surface area contributed by atoms with Gasteiger partial charge in [-0.15, -0.1) is 11.8 Å². The zero-order valence-electron chi connectivity index (χ0n) is 17.8. The predicted molar refractivity (Wildman–Crippen MR) is 120 cm³/mol. The predicted octanol–water partition coefficient (Wildman–Crippen LogP) is 4.00. The molecule has 0 saturated heterocycles. The van der Waals surface area contributed by atoms with Gasteiger partial charge in [-0.2, -0.15) is 5.10 Å². The second-order valence-electron chi connectivity index (χ2n) is 9.19. The number of amides is 2. The molecule has 3 aliphatic rings. The number of nitrogens with one attached hydrogen (secondary N) is 2. The highest BCUT2D eigenvalue weighted by molar-refractivity contribution is 8.01. The highest BCUT2D eigenvalue weighted by Gasteiger charge is 2.60. The van der Waals surface area contributed by atoms with E-state index in [0.717, 1.165) is 23.4 Å². The zero-order chi connectivity index (χ0) is 22.4. The number of fused-ring (bicyclic) bond motifs is 3. The molecule has 1 heterocycles. The first-order chi connectivity index (χ1) is 14.6. The molecule has 3 unspecified atom stereocenters. The second kappa shape index (κ2) is 8.13. The fourth-order valence-corrected chi connectivity index (χ4v) is 6.12. The van der Waals surface area contributed by atoms with Crippen LogP contribution in [0.3, 0.4) is 0 Å². The molecule has 1 aromatic rings. The van der Waals surface area contributed by atoms with Crippen molar-refractivity contribution in [3.05, 3.63) is 23.2 Å². The van der Waals surface area contributed by atoms with E-state index in [-0.39, 0.29) is 23.2 Å². The summed E-state index contributed by atoms with van der Waals surface area (Å²) in [6, 6.07) is 5.19. The van der Waals surface area contributed by atoms with Crippen LogP contribution in [0.1, 0.15) is 46.5 Å². The molecular weight excluding hydrogens is 438 g/mol. The number of carbonyl (C=O) groups excluding carboxylic acids is 3. The molecule has 3 atom stereocenters. The summed E-state index contributed by atoms with van der Waals surface area (Å²) >= 11 is 7.22. The van der Waals surface area contributed by atoms with E-state index < -0.39 is 23.7 Å². The topological polar surface area (TPSA) is 96.9 Å². The van der Waals surface area contributed by atoms with Crippen molar-refractivity contribution in [2.24, 2.45) is 21.8 Å². The average molecular weight is 464 g/mol. The minimum atomic E-state index is -0.624. The van der Waals surface area contributed by atoms with Gasteiger partial charge in [0.2, 0.25) is 5.91 Å². The number of carbonyl (C=O) groups is 3. The van der Waals surface area contributed by atoms with Crippen LogP contribution in [0, 0.1) is 16.7 Å². The lowest BCUT2D eigenvalue weighted by molar-refractivity contribution is -0.149. The van der Waals surface area contributed by atoms with Crippen molar-refractivity contribution in [3.63, 3.8) is 0 Å². The van der Waals surface area contributed by atoms with Gasteiger partial charge in [0.25, 0.3) is 5.91 Å². The number of hydrogen-bond acceptors (Lipinski definition) is 6. The Morgan fingerprint density at radius 3 is 2.81 bits per heavy atom. The third-order valence-electron chi connectivity index (χ3n) is 7.31. The Morgan fingerprint density at radius 2 is 2.13 bits per heavy atom. The molecule has 2 fully saturated rings. The van der Waals surface area contributed by atoms with Gasteiger partial charge in [-0.05, 0) is 48.8 Å². The van der Waals surface area contributed by atoms with Gasteiger partial charge in [-0.25, -0.2) is 5.43 Å². The summed E-state index contributed by atoms with van der Waals surface area (Å²) in [5, 5.41) is 7.00. The highest BCUT2D eigenvalue weighted by Crippen LogP contribution is 2.63. The number of hydrogen-bond donors (Lipinski definition) is 2. The van der Waals surface area contributed by atoms with Crippen LogP contribution < -0.4 is 10.7 Å². The molecule has 4 rings (SSSR count). The average Bonchev–Trinajstić information content (AvgIpc) is 3.05. The van der Waals surface area contributed by atoms with Crippen LogP contribution in [0.5, 0.6) is 0 Å². The fraction of sp³-hybridized carbons (Fsp3) is 0.545. The summed E-state index contributed by atoms with van der Waals surface area (Å²) in [6.07, 6.45) is 3.03. The van der Waals surface area contributed by atoms with Crippen molar-refractivity contribution in [2.75, 3.05) is 11.9 Å². The van der Waals surface area contributed by atoms with Crippen LogP contribution in [-0.2, 0) is 19.1 Å². The molecule has 7 nitrogen and oxygen atoms in total. The van der Waals surface area contributed by atoms with Crippen molar-refractivity contribution in [1.29, 1.82) is 0 Å². The van der Waals surface area contributed by atoms with E-state index in [2.05, 4.69) is 36.6 Å². The lowest BCUT2D eigenvalue weighted by atomic mass is 9.70. The number of thioether (sulfide) groups is 1. The maximum absolute atomic E-state index is 12.3. The van der Waals surface area contributed by atoms with Crippen molar-refractivity contribution in [3.8, 4) is 0 Å². The molecule has 2 N–H and O–H groups in total. The number of anilines is 1. The number of rotatable bonds is 5. The molecular formula is C22H26ClN3O4S. The van der Waals surface area contributed by atoms with Gasteiger partial charge >= 0.3 is 5.97 Å². The number of halogens is 1. The normalized spacial score (nSPS) is 29.4. The van der Waals surface area contributed by atoms with Gasteiger partial charge in [-0.1, -0.05) is 32.4 Å². The number of hydrazone groups is 1. The zero-order valence-corrected chi connectivity index (χ0v) is 19.4. The first kappa shape index (κ1) is 22.1. The Balaban J connectivity index is 1.26. The summed E-state index contributed by atoms with van der Waals surface area (Å²) in [6.45, 7) is 6.32. The first-order valence-electron chi connectivity index (χ1n) is 10.4. The summed E-state index contributed by atoms with van der Waals surface area (Å²) < 4.78 is 5.07. The molecule has 1 aromatic carbocycles. The first-order valence-corrected chi connectivity index (χ1v) is 11.6. The van der Waals surface area contributed by atoms with E-state index in [9.17, 15) is 14.4 Å². The Morgan fingerprint density at radius 1 is 1.35 bits per heavy atom. The molecule has 166 valence electrons. The Kier molecular flexibility index (Phi) is 5.81. The Bertz CT molecular complexity index is 980. The van der Waals surface area contributed by atoms with E-state index in [0.29, 0.717) is 16.6 Å². The van der Waals surface area contributed by atoms with Crippen LogP contribution >= 0.6 is 23.4 Å². The Labute approximate surface area is 190 Å². The van der Waals surface area contributed by atoms with Crippen LogP contribution in [0.4, 0.5) is 5.69 Å². The van der Waals surface area contributed by atoms with Gasteiger partial charge in [0.15, 0.2) is 6.61 Å². The van der Waals surface area contributed by atoms with E-state index in [4.69, 9.17) is 16.3 Å². The van der Waals surface area contributed by atoms with Gasteiger partial charge < -0.3 is 10.1 Å². The SMILES string of the molecule is CC12CCC(C/C1=N/NC(=O)COC(=O)CC1Sc3ccc(Cl)cc3NC1=O)C2(C)C. The van der Waals surface area contributed by atoms with Crippen molar-refractivity contribution in [1.82, 2.24) is 5.43 Å². The number of benzene rings is 1. The fourth-order valence-electron chi connectivity index (χ4n) is 4.87. The van der Waals surface area contributed by atoms with E-state index in [1.165, 1.54) is 18.2 Å².